The summed E-state index contributed by atoms with van der Waals surface area (Å²) < 4.78 is 77.9. The van der Waals surface area contributed by atoms with E-state index >= 15 is 0 Å². The van der Waals surface area contributed by atoms with E-state index in [9.17, 15) is 26.4 Å². The molecule has 0 aromatic heterocycles. The van der Waals surface area contributed by atoms with Crippen molar-refractivity contribution in [1.82, 2.24) is 4.31 Å². The molecule has 0 radical (unpaired) electrons. The van der Waals surface area contributed by atoms with E-state index in [-0.39, 0.29) is 23.7 Å². The third-order valence-corrected chi connectivity index (χ3v) is 6.90. The number of benzene rings is 2. The van der Waals surface area contributed by atoms with E-state index in [1.54, 1.807) is 0 Å². The summed E-state index contributed by atoms with van der Waals surface area (Å²) in [6, 6.07) is 5.77. The zero-order valence-electron chi connectivity index (χ0n) is 16.8. The fraction of sp³-hybridized carbons (Fsp3) is 0.350. The quantitative estimate of drug-likeness (QED) is 0.673. The van der Waals surface area contributed by atoms with Gasteiger partial charge >= 0.3 is 0 Å². The Kier molecular flexibility index (Phi) is 6.75. The fourth-order valence-corrected chi connectivity index (χ4v) is 4.90. The number of ether oxygens (including phenoxy) is 2. The largest absolute Gasteiger partial charge is 0.493 e. The number of carbonyl (C=O) groups is 1. The van der Waals surface area contributed by atoms with Crippen LogP contribution in [0.2, 0.25) is 0 Å². The molecular weight excluding hydrogens is 437 g/mol. The Balaban J connectivity index is 1.78. The van der Waals surface area contributed by atoms with Crippen LogP contribution in [-0.2, 0) is 14.8 Å². The second-order valence-electron chi connectivity index (χ2n) is 6.93. The Hall–Kier alpha value is -2.79. The first-order valence-electron chi connectivity index (χ1n) is 9.35. The van der Waals surface area contributed by atoms with Crippen molar-refractivity contribution in [2.75, 3.05) is 32.6 Å². The van der Waals surface area contributed by atoms with Gasteiger partial charge in [-0.3, -0.25) is 4.79 Å². The van der Waals surface area contributed by atoms with Gasteiger partial charge < -0.3 is 14.8 Å². The van der Waals surface area contributed by atoms with Crippen LogP contribution < -0.4 is 14.8 Å². The summed E-state index contributed by atoms with van der Waals surface area (Å²) in [6.45, 7) is 0.0494. The highest BCUT2D eigenvalue weighted by atomic mass is 32.2. The van der Waals surface area contributed by atoms with Gasteiger partial charge in [-0.1, -0.05) is 0 Å². The van der Waals surface area contributed by atoms with E-state index in [0.29, 0.717) is 24.7 Å². The second kappa shape index (κ2) is 9.15. The van der Waals surface area contributed by atoms with Crippen LogP contribution in [0.3, 0.4) is 0 Å². The van der Waals surface area contributed by atoms with Crippen LogP contribution in [0.1, 0.15) is 12.8 Å². The highest BCUT2D eigenvalue weighted by Crippen LogP contribution is 2.32. The summed E-state index contributed by atoms with van der Waals surface area (Å²) in [5.74, 6) is -5.46. The van der Waals surface area contributed by atoms with Crippen molar-refractivity contribution in [3.05, 3.63) is 47.8 Å². The predicted octanol–water partition coefficient (Wildman–Crippen LogP) is 3.16. The molecule has 1 amide bonds. The molecule has 1 atom stereocenters. The summed E-state index contributed by atoms with van der Waals surface area (Å²) in [5, 5.41) is 2.21. The van der Waals surface area contributed by atoms with Crippen LogP contribution in [0, 0.1) is 23.4 Å². The fourth-order valence-electron chi connectivity index (χ4n) is 3.36. The van der Waals surface area contributed by atoms with Crippen molar-refractivity contribution in [2.24, 2.45) is 5.92 Å². The highest BCUT2D eigenvalue weighted by Gasteiger charge is 2.34. The zero-order chi connectivity index (χ0) is 22.8. The molecule has 1 heterocycles. The van der Waals surface area contributed by atoms with Crippen LogP contribution in [-0.4, -0.2) is 45.9 Å². The van der Waals surface area contributed by atoms with Crippen LogP contribution in [0.5, 0.6) is 11.5 Å². The van der Waals surface area contributed by atoms with Gasteiger partial charge in [-0.15, -0.1) is 0 Å². The lowest BCUT2D eigenvalue weighted by Crippen LogP contribution is -2.43. The van der Waals surface area contributed by atoms with E-state index in [2.05, 4.69) is 5.32 Å². The molecule has 7 nitrogen and oxygen atoms in total. The second-order valence-corrected chi connectivity index (χ2v) is 8.87. The Bertz CT molecular complexity index is 1090. The van der Waals surface area contributed by atoms with Crippen molar-refractivity contribution >= 4 is 21.6 Å². The van der Waals surface area contributed by atoms with Crippen molar-refractivity contribution in [3.63, 3.8) is 0 Å². The SMILES string of the molecule is COc1ccc(S(=O)(=O)N2CCC[C@@H](C(=O)Nc3ccc(F)c(F)c3F)C2)cc1OC. The number of methoxy groups -OCH3 is 2. The van der Waals surface area contributed by atoms with E-state index in [0.717, 1.165) is 10.4 Å². The van der Waals surface area contributed by atoms with Crippen LogP contribution >= 0.6 is 0 Å². The lowest BCUT2D eigenvalue weighted by Gasteiger charge is -2.31. The average Bonchev–Trinajstić information content (AvgIpc) is 2.78. The molecule has 1 fully saturated rings. The van der Waals surface area contributed by atoms with Crippen molar-refractivity contribution in [2.45, 2.75) is 17.7 Å². The first-order valence-corrected chi connectivity index (χ1v) is 10.8. The van der Waals surface area contributed by atoms with Gasteiger partial charge in [0.1, 0.15) is 0 Å². The molecule has 31 heavy (non-hydrogen) atoms. The molecule has 168 valence electrons. The summed E-state index contributed by atoms with van der Waals surface area (Å²) in [6.07, 6.45) is 0.750. The van der Waals surface area contributed by atoms with E-state index in [1.165, 1.54) is 32.4 Å². The molecule has 1 saturated heterocycles. The minimum atomic E-state index is -3.95. The van der Waals surface area contributed by atoms with E-state index in [4.69, 9.17) is 9.47 Å². The highest BCUT2D eigenvalue weighted by molar-refractivity contribution is 7.89. The minimum absolute atomic E-state index is 0.0298. The number of carbonyl (C=O) groups excluding carboxylic acids is 1. The molecule has 1 aliphatic rings. The lowest BCUT2D eigenvalue weighted by molar-refractivity contribution is -0.120. The number of hydrogen-bond donors (Lipinski definition) is 1. The molecule has 0 spiro atoms. The van der Waals surface area contributed by atoms with Gasteiger partial charge in [0.05, 0.1) is 30.7 Å². The lowest BCUT2D eigenvalue weighted by atomic mass is 9.98. The van der Waals surface area contributed by atoms with Gasteiger partial charge in [0.15, 0.2) is 29.0 Å². The Morgan fingerprint density at radius 3 is 2.45 bits per heavy atom. The van der Waals surface area contributed by atoms with Crippen molar-refractivity contribution in [3.8, 4) is 11.5 Å². The summed E-state index contributed by atoms with van der Waals surface area (Å²) in [7, 11) is -1.14. The smallest absolute Gasteiger partial charge is 0.243 e. The molecule has 1 aliphatic heterocycles. The first kappa shape index (κ1) is 22.9. The van der Waals surface area contributed by atoms with Crippen LogP contribution in [0.15, 0.2) is 35.2 Å². The molecule has 2 aromatic carbocycles. The van der Waals surface area contributed by atoms with Crippen LogP contribution in [0.4, 0.5) is 18.9 Å². The van der Waals surface area contributed by atoms with Crippen molar-refractivity contribution in [1.29, 1.82) is 0 Å². The Labute approximate surface area is 177 Å². The summed E-state index contributed by atoms with van der Waals surface area (Å²) >= 11 is 0. The predicted molar refractivity (Wildman–Crippen MR) is 106 cm³/mol. The molecule has 0 saturated carbocycles. The summed E-state index contributed by atoms with van der Waals surface area (Å²) in [5.41, 5.74) is -0.510. The number of nitrogens with zero attached hydrogens (tertiary/aromatic N) is 1. The Morgan fingerprint density at radius 2 is 1.77 bits per heavy atom. The molecule has 11 heteroatoms. The van der Waals surface area contributed by atoms with Gasteiger partial charge in [-0.25, -0.2) is 21.6 Å². The maximum Gasteiger partial charge on any atom is 0.243 e. The van der Waals surface area contributed by atoms with Gasteiger partial charge in [0, 0.05) is 19.2 Å². The number of rotatable bonds is 6. The number of amides is 1. The molecule has 2 aromatic rings. The molecule has 0 aliphatic carbocycles. The molecule has 3 rings (SSSR count). The normalized spacial score (nSPS) is 17.3. The van der Waals surface area contributed by atoms with Gasteiger partial charge in [0.2, 0.25) is 15.9 Å². The maximum atomic E-state index is 13.9. The molecule has 0 bridgehead atoms. The van der Waals surface area contributed by atoms with Crippen LogP contribution in [0.25, 0.3) is 0 Å². The Morgan fingerprint density at radius 1 is 1.06 bits per heavy atom. The third-order valence-electron chi connectivity index (χ3n) is 5.04. The zero-order valence-corrected chi connectivity index (χ0v) is 17.6. The van der Waals surface area contributed by atoms with Gasteiger partial charge in [-0.05, 0) is 37.1 Å². The number of hydrogen-bond acceptors (Lipinski definition) is 5. The molecule has 0 unspecified atom stereocenters. The summed E-state index contributed by atoms with van der Waals surface area (Å²) in [4.78, 5) is 12.5. The first-order chi connectivity index (χ1) is 14.7. The van der Waals surface area contributed by atoms with Crippen molar-refractivity contribution < 1.29 is 35.9 Å². The minimum Gasteiger partial charge on any atom is -0.493 e. The third kappa shape index (κ3) is 4.62. The average molecular weight is 458 g/mol. The number of anilines is 1. The molecular formula is C20H21F3N2O5S. The number of halogens is 3. The molecule has 1 N–H and O–H groups in total. The van der Waals surface area contributed by atoms with Gasteiger partial charge in [-0.2, -0.15) is 4.31 Å². The topological polar surface area (TPSA) is 84.9 Å². The number of nitrogens with one attached hydrogen (secondary N) is 1. The standard InChI is InChI=1S/C20H21F3N2O5S/c1-29-16-8-5-13(10-17(16)30-2)31(27,28)25-9-3-4-12(11-25)20(26)24-15-7-6-14(21)18(22)19(15)23/h5-8,10,12H,3-4,9,11H2,1-2H3,(H,24,26)/t12-/m1/s1. The maximum absolute atomic E-state index is 13.9. The van der Waals surface area contributed by atoms with E-state index < -0.39 is 45.0 Å². The van der Waals surface area contributed by atoms with Gasteiger partial charge in [0.25, 0.3) is 0 Å². The number of sulfonamides is 1. The number of piperidine rings is 1. The van der Waals surface area contributed by atoms with E-state index in [1.807, 2.05) is 0 Å². The monoisotopic (exact) mass is 458 g/mol.